The molecule has 0 aromatic carbocycles. The van der Waals surface area contributed by atoms with Gasteiger partial charge in [0.25, 0.3) is 0 Å². The molecule has 1 aliphatic rings. The van der Waals surface area contributed by atoms with E-state index in [9.17, 15) is 4.79 Å². The second kappa shape index (κ2) is 4.30. The summed E-state index contributed by atoms with van der Waals surface area (Å²) in [4.78, 5) is 15.1. The van der Waals surface area contributed by atoms with E-state index in [2.05, 4.69) is 14.2 Å². The van der Waals surface area contributed by atoms with Crippen LogP contribution in [-0.4, -0.2) is 74.2 Å². The summed E-state index contributed by atoms with van der Waals surface area (Å²) in [5.41, 5.74) is 0. The number of ether oxygens (including phenoxy) is 1. The maximum absolute atomic E-state index is 11.1. The molecule has 0 bridgehead atoms. The van der Waals surface area contributed by atoms with Gasteiger partial charge >= 0.3 is 11.9 Å². The van der Waals surface area contributed by atoms with E-state index in [1.807, 2.05) is 26.0 Å². The molecule has 0 unspecified atom stereocenters. The molecule has 0 fully saturated rings. The fourth-order valence-corrected chi connectivity index (χ4v) is 1.70. The van der Waals surface area contributed by atoms with Gasteiger partial charge in [-0.05, 0) is 0 Å². The van der Waals surface area contributed by atoms with E-state index in [1.54, 1.807) is 0 Å². The van der Waals surface area contributed by atoms with E-state index >= 15 is 0 Å². The average molecular weight is 200 g/mol. The minimum absolute atomic E-state index is 0.214. The van der Waals surface area contributed by atoms with Crippen molar-refractivity contribution >= 4 is 11.9 Å². The minimum Gasteiger partial charge on any atom is -0.467 e. The Labute approximate surface area is 84.6 Å². The van der Waals surface area contributed by atoms with E-state index in [0.717, 1.165) is 19.0 Å². The molecule has 80 valence electrons. The Morgan fingerprint density at radius 1 is 1.71 bits per heavy atom. The fraction of sp³-hybridized carbons (Fsp3) is 0.778. The molecule has 0 saturated heterocycles. The summed E-state index contributed by atoms with van der Waals surface area (Å²) in [6.45, 7) is 2.29. The molecule has 0 aromatic rings. The number of rotatable bonds is 2. The lowest BCUT2D eigenvalue weighted by Crippen LogP contribution is -2.42. The van der Waals surface area contributed by atoms with Gasteiger partial charge in [0, 0.05) is 0 Å². The summed E-state index contributed by atoms with van der Waals surface area (Å²) in [5.74, 6) is 0.851. The van der Waals surface area contributed by atoms with E-state index in [1.165, 1.54) is 7.11 Å². The summed E-state index contributed by atoms with van der Waals surface area (Å²) in [5, 5.41) is 0. The van der Waals surface area contributed by atoms with Gasteiger partial charge in [0.05, 0.1) is 41.3 Å². The van der Waals surface area contributed by atoms with E-state index in [0.29, 0.717) is 6.54 Å². The molecule has 0 aromatic heterocycles. The number of esters is 1. The lowest BCUT2D eigenvalue weighted by Gasteiger charge is -2.16. The molecule has 1 heterocycles. The predicted octanol–water partition coefficient (Wildman–Crippen LogP) is -0.965. The molecule has 5 nitrogen and oxygen atoms in total. The van der Waals surface area contributed by atoms with Crippen LogP contribution in [0.15, 0.2) is 0 Å². The van der Waals surface area contributed by atoms with Crippen LogP contribution in [0.2, 0.25) is 0 Å². The molecule has 0 radical (unpaired) electrons. The van der Waals surface area contributed by atoms with Crippen molar-refractivity contribution in [3.05, 3.63) is 0 Å². The molecule has 0 spiro atoms. The standard InChI is InChI=1S/C9H18N3O2/c1-10-5-6-11(2)9(10)12(3)7-8(13)14-4/h5-7H2,1-4H3/q+1. The van der Waals surface area contributed by atoms with Crippen LogP contribution < -0.4 is 0 Å². The minimum atomic E-state index is -0.214. The van der Waals surface area contributed by atoms with Gasteiger partial charge in [0.1, 0.15) is 0 Å². The highest BCUT2D eigenvalue weighted by molar-refractivity contribution is 5.81. The van der Waals surface area contributed by atoms with Gasteiger partial charge in [0.2, 0.25) is 0 Å². The molecular weight excluding hydrogens is 182 g/mol. The van der Waals surface area contributed by atoms with Crippen LogP contribution in [0.4, 0.5) is 0 Å². The van der Waals surface area contributed by atoms with Crippen LogP contribution in [0.5, 0.6) is 0 Å². The quantitative estimate of drug-likeness (QED) is 0.425. The highest BCUT2D eigenvalue weighted by Crippen LogP contribution is 2.00. The lowest BCUT2D eigenvalue weighted by atomic mass is 10.5. The molecule has 0 N–H and O–H groups in total. The van der Waals surface area contributed by atoms with E-state index in [4.69, 9.17) is 0 Å². The topological polar surface area (TPSA) is 35.8 Å². The highest BCUT2D eigenvalue weighted by atomic mass is 16.5. The molecule has 0 saturated carbocycles. The van der Waals surface area contributed by atoms with Gasteiger partial charge in [-0.15, -0.1) is 0 Å². The third kappa shape index (κ3) is 2.16. The van der Waals surface area contributed by atoms with E-state index < -0.39 is 0 Å². The first-order chi connectivity index (χ1) is 6.56. The van der Waals surface area contributed by atoms with Crippen LogP contribution in [0.1, 0.15) is 0 Å². The zero-order valence-corrected chi connectivity index (χ0v) is 9.28. The Balaban J connectivity index is 2.64. The molecule has 5 heteroatoms. The monoisotopic (exact) mass is 200 g/mol. The number of carbonyl (C=O) groups excluding carboxylic acids is 1. The van der Waals surface area contributed by atoms with Crippen molar-refractivity contribution < 1.29 is 14.1 Å². The second-order valence-electron chi connectivity index (χ2n) is 3.58. The normalized spacial score (nSPS) is 16.1. The van der Waals surface area contributed by atoms with Crippen molar-refractivity contribution in [1.29, 1.82) is 0 Å². The molecule has 0 atom stereocenters. The molecule has 1 rings (SSSR count). The summed E-state index contributed by atoms with van der Waals surface area (Å²) >= 11 is 0. The van der Waals surface area contributed by atoms with Gasteiger partial charge in [0.15, 0.2) is 6.54 Å². The van der Waals surface area contributed by atoms with Gasteiger partial charge in [-0.1, -0.05) is 0 Å². The van der Waals surface area contributed by atoms with Gasteiger partial charge in [-0.2, -0.15) is 0 Å². The lowest BCUT2D eigenvalue weighted by molar-refractivity contribution is -0.491. The smallest absolute Gasteiger partial charge is 0.350 e. The SMILES string of the molecule is COC(=O)CN(C)C1=[N+](C)CCN1C. The van der Waals surface area contributed by atoms with Gasteiger partial charge < -0.3 is 4.74 Å². The number of nitrogens with zero attached hydrogens (tertiary/aromatic N) is 3. The molecular formula is C9H18N3O2+. The van der Waals surface area contributed by atoms with Crippen molar-refractivity contribution in [3.8, 4) is 0 Å². The molecule has 0 amide bonds. The van der Waals surface area contributed by atoms with E-state index in [-0.39, 0.29) is 5.97 Å². The maximum atomic E-state index is 11.1. The Hall–Kier alpha value is -1.26. The van der Waals surface area contributed by atoms with Crippen LogP contribution >= 0.6 is 0 Å². The number of carbonyl (C=O) groups is 1. The molecule has 1 aliphatic heterocycles. The Morgan fingerprint density at radius 3 is 2.79 bits per heavy atom. The zero-order chi connectivity index (χ0) is 10.7. The van der Waals surface area contributed by atoms with Gasteiger partial charge in [-0.3, -0.25) is 14.4 Å². The zero-order valence-electron chi connectivity index (χ0n) is 9.28. The summed E-state index contributed by atoms with van der Waals surface area (Å²) in [6, 6.07) is 0. The highest BCUT2D eigenvalue weighted by Gasteiger charge is 2.29. The van der Waals surface area contributed by atoms with Crippen LogP contribution in [-0.2, 0) is 9.53 Å². The third-order valence-corrected chi connectivity index (χ3v) is 2.39. The van der Waals surface area contributed by atoms with Crippen LogP contribution in [0.25, 0.3) is 0 Å². The second-order valence-corrected chi connectivity index (χ2v) is 3.58. The van der Waals surface area contributed by atoms with Crippen LogP contribution in [0, 0.1) is 0 Å². The first-order valence-corrected chi connectivity index (χ1v) is 4.63. The van der Waals surface area contributed by atoms with Gasteiger partial charge in [-0.25, -0.2) is 4.79 Å². The summed E-state index contributed by atoms with van der Waals surface area (Å²) in [7, 11) is 7.34. The first-order valence-electron chi connectivity index (χ1n) is 4.63. The summed E-state index contributed by atoms with van der Waals surface area (Å²) in [6.07, 6.45) is 0. The third-order valence-electron chi connectivity index (χ3n) is 2.39. The van der Waals surface area contributed by atoms with Crippen molar-refractivity contribution in [2.24, 2.45) is 0 Å². The Morgan fingerprint density at radius 2 is 2.36 bits per heavy atom. The first kappa shape index (κ1) is 10.8. The number of methoxy groups -OCH3 is 1. The summed E-state index contributed by atoms with van der Waals surface area (Å²) < 4.78 is 6.75. The maximum Gasteiger partial charge on any atom is 0.350 e. The Bertz CT molecular complexity index is 263. The number of hydrogen-bond donors (Lipinski definition) is 0. The molecule has 0 aliphatic carbocycles. The number of hydrogen-bond acceptors (Lipinski definition) is 4. The average Bonchev–Trinajstić information content (AvgIpc) is 2.46. The van der Waals surface area contributed by atoms with Crippen molar-refractivity contribution in [2.75, 3.05) is 47.9 Å². The molecule has 14 heavy (non-hydrogen) atoms. The predicted molar refractivity (Wildman–Crippen MR) is 53.3 cm³/mol. The van der Waals surface area contributed by atoms with Crippen LogP contribution in [0.3, 0.4) is 0 Å². The van der Waals surface area contributed by atoms with Crippen molar-refractivity contribution in [3.63, 3.8) is 0 Å². The number of guanidine groups is 1. The Kier molecular flexibility index (Phi) is 3.33. The number of likely N-dealkylation sites (N-methyl/N-ethyl adjacent to an activating group) is 3. The van der Waals surface area contributed by atoms with Crippen molar-refractivity contribution in [1.82, 2.24) is 9.80 Å². The van der Waals surface area contributed by atoms with Crippen molar-refractivity contribution in [2.45, 2.75) is 0 Å². The fourth-order valence-electron chi connectivity index (χ4n) is 1.70. The largest absolute Gasteiger partial charge is 0.467 e.